The summed E-state index contributed by atoms with van der Waals surface area (Å²) in [4.78, 5) is 4.01. The first-order chi connectivity index (χ1) is 7.39. The van der Waals surface area contributed by atoms with E-state index in [4.69, 9.17) is 0 Å². The Kier molecular flexibility index (Phi) is 4.73. The van der Waals surface area contributed by atoms with E-state index in [9.17, 15) is 8.42 Å². The normalized spacial score (nSPS) is 11.8. The van der Waals surface area contributed by atoms with E-state index in [0.29, 0.717) is 22.8 Å². The summed E-state index contributed by atoms with van der Waals surface area (Å²) in [6.07, 6.45) is 0.642. The number of sulfonamides is 1. The molecule has 1 aromatic heterocycles. The summed E-state index contributed by atoms with van der Waals surface area (Å²) in [6.45, 7) is 3.99. The van der Waals surface area contributed by atoms with E-state index < -0.39 is 10.0 Å². The zero-order valence-corrected chi connectivity index (χ0v) is 11.7. The molecule has 0 bridgehead atoms. The molecule has 0 fully saturated rings. The van der Waals surface area contributed by atoms with Crippen molar-refractivity contribution in [3.63, 3.8) is 0 Å². The van der Waals surface area contributed by atoms with Crippen LogP contribution in [0, 0.1) is 5.92 Å². The molecule has 0 aliphatic rings. The molecule has 1 rings (SSSR count). The zero-order valence-electron chi connectivity index (χ0n) is 9.27. The molecule has 0 spiro atoms. The van der Waals surface area contributed by atoms with Crippen LogP contribution in [0.3, 0.4) is 0 Å². The summed E-state index contributed by atoms with van der Waals surface area (Å²) < 4.78 is 26.4. The molecule has 90 valence electrons. The van der Waals surface area contributed by atoms with E-state index in [1.165, 1.54) is 0 Å². The second-order valence-corrected chi connectivity index (χ2v) is 6.60. The quantitative estimate of drug-likeness (QED) is 0.851. The standard InChI is InChI=1S/C10H15BrN2O2S/c1-8(2)6-7-16(14,15)13-10-5-3-4-9(11)12-10/h3-5,8H,6-7H2,1-2H3,(H,12,13). The van der Waals surface area contributed by atoms with Crippen LogP contribution in [0.4, 0.5) is 5.82 Å². The van der Waals surface area contributed by atoms with Crippen LogP contribution in [-0.4, -0.2) is 19.2 Å². The van der Waals surface area contributed by atoms with E-state index in [2.05, 4.69) is 25.6 Å². The second-order valence-electron chi connectivity index (χ2n) is 3.95. The minimum atomic E-state index is -3.28. The molecule has 1 aromatic rings. The first-order valence-corrected chi connectivity index (χ1v) is 7.46. The molecule has 0 saturated heterocycles. The fourth-order valence-electron chi connectivity index (χ4n) is 1.07. The van der Waals surface area contributed by atoms with Gasteiger partial charge in [-0.3, -0.25) is 4.72 Å². The van der Waals surface area contributed by atoms with Gasteiger partial charge in [-0.15, -0.1) is 0 Å². The lowest BCUT2D eigenvalue weighted by atomic mass is 10.2. The number of hydrogen-bond donors (Lipinski definition) is 1. The Morgan fingerprint density at radius 1 is 1.44 bits per heavy atom. The molecule has 0 amide bonds. The van der Waals surface area contributed by atoms with Crippen LogP contribution in [0.2, 0.25) is 0 Å². The summed E-state index contributed by atoms with van der Waals surface area (Å²) in [5.41, 5.74) is 0. The lowest BCUT2D eigenvalue weighted by molar-refractivity contribution is 0.578. The van der Waals surface area contributed by atoms with Crippen LogP contribution in [0.1, 0.15) is 20.3 Å². The molecule has 0 unspecified atom stereocenters. The molecular formula is C10H15BrN2O2S. The van der Waals surface area contributed by atoms with Gasteiger partial charge in [-0.25, -0.2) is 13.4 Å². The molecule has 0 radical (unpaired) electrons. The first-order valence-electron chi connectivity index (χ1n) is 5.02. The fourth-order valence-corrected chi connectivity index (χ4v) is 2.73. The third-order valence-electron chi connectivity index (χ3n) is 1.94. The highest BCUT2D eigenvalue weighted by atomic mass is 79.9. The molecule has 16 heavy (non-hydrogen) atoms. The summed E-state index contributed by atoms with van der Waals surface area (Å²) in [6, 6.07) is 5.10. The molecule has 1 N–H and O–H groups in total. The minimum absolute atomic E-state index is 0.124. The molecule has 0 aliphatic carbocycles. The van der Waals surface area contributed by atoms with Crippen molar-refractivity contribution < 1.29 is 8.42 Å². The van der Waals surface area contributed by atoms with Crippen LogP contribution < -0.4 is 4.72 Å². The SMILES string of the molecule is CC(C)CCS(=O)(=O)Nc1cccc(Br)n1. The van der Waals surface area contributed by atoms with Gasteiger partial charge in [0, 0.05) is 0 Å². The van der Waals surface area contributed by atoms with Crippen molar-refractivity contribution in [2.45, 2.75) is 20.3 Å². The maximum absolute atomic E-state index is 11.6. The Morgan fingerprint density at radius 2 is 2.12 bits per heavy atom. The highest BCUT2D eigenvalue weighted by Crippen LogP contribution is 2.12. The number of anilines is 1. The largest absolute Gasteiger partial charge is 0.267 e. The van der Waals surface area contributed by atoms with Gasteiger partial charge in [0.15, 0.2) is 0 Å². The Balaban J connectivity index is 2.66. The lowest BCUT2D eigenvalue weighted by Crippen LogP contribution is -2.18. The fraction of sp³-hybridized carbons (Fsp3) is 0.500. The van der Waals surface area contributed by atoms with E-state index in [0.717, 1.165) is 0 Å². The van der Waals surface area contributed by atoms with Crippen LogP contribution in [-0.2, 0) is 10.0 Å². The third kappa shape index (κ3) is 4.94. The highest BCUT2D eigenvalue weighted by Gasteiger charge is 2.11. The third-order valence-corrected chi connectivity index (χ3v) is 3.67. The highest BCUT2D eigenvalue weighted by molar-refractivity contribution is 9.10. The summed E-state index contributed by atoms with van der Waals surface area (Å²) >= 11 is 3.19. The Labute approximate surface area is 105 Å². The lowest BCUT2D eigenvalue weighted by Gasteiger charge is -2.08. The molecule has 0 saturated carbocycles. The van der Waals surface area contributed by atoms with Gasteiger partial charge in [0.2, 0.25) is 10.0 Å². The Bertz CT molecular complexity index is 446. The van der Waals surface area contributed by atoms with Crippen LogP contribution >= 0.6 is 15.9 Å². The first kappa shape index (κ1) is 13.4. The van der Waals surface area contributed by atoms with Gasteiger partial charge in [0.05, 0.1) is 5.75 Å². The summed E-state index contributed by atoms with van der Waals surface area (Å²) in [7, 11) is -3.28. The number of nitrogens with one attached hydrogen (secondary N) is 1. The smallest absolute Gasteiger partial charge is 0.233 e. The average molecular weight is 307 g/mol. The van der Waals surface area contributed by atoms with Gasteiger partial charge in [0.25, 0.3) is 0 Å². The van der Waals surface area contributed by atoms with E-state index >= 15 is 0 Å². The molecule has 0 aromatic carbocycles. The molecule has 1 heterocycles. The van der Waals surface area contributed by atoms with Crippen molar-refractivity contribution in [1.29, 1.82) is 0 Å². The van der Waals surface area contributed by atoms with E-state index in [-0.39, 0.29) is 5.75 Å². The number of aromatic nitrogens is 1. The van der Waals surface area contributed by atoms with E-state index in [1.807, 2.05) is 13.8 Å². The van der Waals surface area contributed by atoms with Crippen LogP contribution in [0.25, 0.3) is 0 Å². The topological polar surface area (TPSA) is 59.1 Å². The van der Waals surface area contributed by atoms with Gasteiger partial charge in [-0.05, 0) is 40.4 Å². The summed E-state index contributed by atoms with van der Waals surface area (Å²) in [5, 5.41) is 0. The van der Waals surface area contributed by atoms with Crippen molar-refractivity contribution in [2.24, 2.45) is 5.92 Å². The van der Waals surface area contributed by atoms with Crippen molar-refractivity contribution in [2.75, 3.05) is 10.5 Å². The van der Waals surface area contributed by atoms with Gasteiger partial charge in [-0.2, -0.15) is 0 Å². The molecule has 6 heteroatoms. The van der Waals surface area contributed by atoms with Gasteiger partial charge in [0.1, 0.15) is 10.4 Å². The maximum atomic E-state index is 11.6. The van der Waals surface area contributed by atoms with Crippen LogP contribution in [0.15, 0.2) is 22.8 Å². The van der Waals surface area contributed by atoms with Gasteiger partial charge < -0.3 is 0 Å². The van der Waals surface area contributed by atoms with Gasteiger partial charge in [-0.1, -0.05) is 19.9 Å². The second kappa shape index (κ2) is 5.63. The zero-order chi connectivity index (χ0) is 12.2. The van der Waals surface area contributed by atoms with E-state index in [1.54, 1.807) is 18.2 Å². The average Bonchev–Trinajstić information content (AvgIpc) is 2.14. The molecule has 0 atom stereocenters. The van der Waals surface area contributed by atoms with Crippen molar-refractivity contribution in [1.82, 2.24) is 4.98 Å². The van der Waals surface area contributed by atoms with Crippen molar-refractivity contribution in [3.05, 3.63) is 22.8 Å². The van der Waals surface area contributed by atoms with Gasteiger partial charge >= 0.3 is 0 Å². The summed E-state index contributed by atoms with van der Waals surface area (Å²) in [5.74, 6) is 0.837. The Morgan fingerprint density at radius 3 is 2.69 bits per heavy atom. The molecule has 0 aliphatic heterocycles. The monoisotopic (exact) mass is 306 g/mol. The number of pyridine rings is 1. The molecule has 4 nitrogen and oxygen atoms in total. The minimum Gasteiger partial charge on any atom is -0.267 e. The Hall–Kier alpha value is -0.620. The number of nitrogens with zero attached hydrogens (tertiary/aromatic N) is 1. The van der Waals surface area contributed by atoms with Crippen molar-refractivity contribution >= 4 is 31.8 Å². The van der Waals surface area contributed by atoms with Crippen LogP contribution in [0.5, 0.6) is 0 Å². The predicted octanol–water partition coefficient (Wildman–Crippen LogP) is 2.63. The van der Waals surface area contributed by atoms with Crippen molar-refractivity contribution in [3.8, 4) is 0 Å². The number of rotatable bonds is 5. The molecular weight excluding hydrogens is 292 g/mol. The number of halogens is 1. The number of hydrogen-bond acceptors (Lipinski definition) is 3. The maximum Gasteiger partial charge on any atom is 0.233 e. The predicted molar refractivity (Wildman–Crippen MR) is 68.8 cm³/mol.